The first-order valence-electron chi connectivity index (χ1n) is 3.64. The van der Waals surface area contributed by atoms with E-state index < -0.39 is 0 Å². The molecule has 10 heavy (non-hydrogen) atoms. The van der Waals surface area contributed by atoms with Gasteiger partial charge in [0.25, 0.3) is 0 Å². The number of thiol groups is 2. The molecule has 0 heterocycles. The highest BCUT2D eigenvalue weighted by molar-refractivity contribution is 8.00. The van der Waals surface area contributed by atoms with Crippen molar-refractivity contribution in [3.63, 3.8) is 0 Å². The summed E-state index contributed by atoms with van der Waals surface area (Å²) in [4.78, 5) is 0. The van der Waals surface area contributed by atoms with Crippen molar-refractivity contribution in [1.29, 1.82) is 0 Å². The lowest BCUT2D eigenvalue weighted by Gasteiger charge is -2.07. The van der Waals surface area contributed by atoms with Gasteiger partial charge in [0.1, 0.15) is 0 Å². The molecule has 3 heteroatoms. The van der Waals surface area contributed by atoms with E-state index in [2.05, 4.69) is 32.2 Å². The molecule has 0 saturated carbocycles. The zero-order valence-corrected chi connectivity index (χ0v) is 9.02. The van der Waals surface area contributed by atoms with Gasteiger partial charge in [-0.2, -0.15) is 37.0 Å². The van der Waals surface area contributed by atoms with Crippen LogP contribution in [-0.4, -0.2) is 22.5 Å². The molecule has 1 unspecified atom stereocenters. The average Bonchev–Trinajstić information content (AvgIpc) is 1.97. The SMILES string of the molecule is CC(CCCS)SCCS. The lowest BCUT2D eigenvalue weighted by atomic mass is 10.3. The van der Waals surface area contributed by atoms with E-state index in [1.807, 2.05) is 11.8 Å². The maximum atomic E-state index is 4.16. The van der Waals surface area contributed by atoms with Crippen molar-refractivity contribution in [1.82, 2.24) is 0 Å². The molecular weight excluding hydrogens is 180 g/mol. The Morgan fingerprint density at radius 3 is 2.50 bits per heavy atom. The Hall–Kier alpha value is 1.05. The van der Waals surface area contributed by atoms with Gasteiger partial charge in [0.15, 0.2) is 0 Å². The molecular formula is C7H16S3. The highest BCUT2D eigenvalue weighted by Crippen LogP contribution is 2.15. The normalized spacial score (nSPS) is 13.5. The fourth-order valence-corrected chi connectivity index (χ4v) is 2.06. The second kappa shape index (κ2) is 8.15. The zero-order valence-electron chi connectivity index (χ0n) is 6.42. The number of hydrogen-bond donors (Lipinski definition) is 2. The standard InChI is InChI=1S/C7H16S3/c1-7(3-2-4-8)10-6-5-9/h7-9H,2-6H2,1H3. The van der Waals surface area contributed by atoms with Gasteiger partial charge in [0.05, 0.1) is 0 Å². The van der Waals surface area contributed by atoms with Gasteiger partial charge < -0.3 is 0 Å². The van der Waals surface area contributed by atoms with E-state index in [1.54, 1.807) is 0 Å². The summed E-state index contributed by atoms with van der Waals surface area (Å²) in [6.07, 6.45) is 2.53. The van der Waals surface area contributed by atoms with E-state index in [4.69, 9.17) is 0 Å². The highest BCUT2D eigenvalue weighted by Gasteiger charge is 1.99. The molecule has 0 aliphatic carbocycles. The van der Waals surface area contributed by atoms with Gasteiger partial charge in [0, 0.05) is 11.0 Å². The van der Waals surface area contributed by atoms with Gasteiger partial charge in [0.2, 0.25) is 0 Å². The van der Waals surface area contributed by atoms with E-state index in [1.165, 1.54) is 18.6 Å². The van der Waals surface area contributed by atoms with E-state index >= 15 is 0 Å². The van der Waals surface area contributed by atoms with Crippen molar-refractivity contribution < 1.29 is 0 Å². The predicted molar refractivity (Wildman–Crippen MR) is 58.9 cm³/mol. The van der Waals surface area contributed by atoms with Crippen molar-refractivity contribution >= 4 is 37.0 Å². The molecule has 0 fully saturated rings. The van der Waals surface area contributed by atoms with Gasteiger partial charge in [-0.15, -0.1) is 0 Å². The Morgan fingerprint density at radius 1 is 1.30 bits per heavy atom. The maximum Gasteiger partial charge on any atom is 0.00237 e. The van der Waals surface area contributed by atoms with Crippen molar-refractivity contribution in [2.24, 2.45) is 0 Å². The largest absolute Gasteiger partial charge is 0.179 e. The molecule has 0 N–H and O–H groups in total. The van der Waals surface area contributed by atoms with Gasteiger partial charge >= 0.3 is 0 Å². The fourth-order valence-electron chi connectivity index (χ4n) is 0.716. The molecule has 0 nitrogen and oxygen atoms in total. The molecule has 0 aromatic carbocycles. The third kappa shape index (κ3) is 7.16. The van der Waals surface area contributed by atoms with Crippen LogP contribution in [0.3, 0.4) is 0 Å². The summed E-state index contributed by atoms with van der Waals surface area (Å²) in [6, 6.07) is 0. The lowest BCUT2D eigenvalue weighted by molar-refractivity contribution is 0.796. The monoisotopic (exact) mass is 196 g/mol. The van der Waals surface area contributed by atoms with E-state index in [0.29, 0.717) is 0 Å². The molecule has 0 spiro atoms. The minimum atomic E-state index is 0.791. The Balaban J connectivity index is 3.00. The van der Waals surface area contributed by atoms with Crippen LogP contribution in [0, 0.1) is 0 Å². The molecule has 62 valence electrons. The highest BCUT2D eigenvalue weighted by atomic mass is 32.2. The minimum Gasteiger partial charge on any atom is -0.179 e. The van der Waals surface area contributed by atoms with Gasteiger partial charge in [-0.3, -0.25) is 0 Å². The Bertz CT molecular complexity index is 57.9. The van der Waals surface area contributed by atoms with Crippen molar-refractivity contribution in [2.45, 2.75) is 25.0 Å². The van der Waals surface area contributed by atoms with Crippen LogP contribution < -0.4 is 0 Å². The van der Waals surface area contributed by atoms with Gasteiger partial charge in [-0.05, 0) is 24.3 Å². The fraction of sp³-hybridized carbons (Fsp3) is 1.00. The zero-order chi connectivity index (χ0) is 7.82. The summed E-state index contributed by atoms with van der Waals surface area (Å²) in [6.45, 7) is 2.28. The number of hydrogen-bond acceptors (Lipinski definition) is 3. The summed E-state index contributed by atoms with van der Waals surface area (Å²) in [5.41, 5.74) is 0. The molecule has 0 aliphatic heterocycles. The summed E-state index contributed by atoms with van der Waals surface area (Å²) >= 11 is 10.3. The molecule has 0 rings (SSSR count). The first-order valence-corrected chi connectivity index (χ1v) is 5.96. The Labute approximate surface area is 79.4 Å². The van der Waals surface area contributed by atoms with Gasteiger partial charge in [-0.25, -0.2) is 0 Å². The van der Waals surface area contributed by atoms with E-state index in [0.717, 1.165) is 16.8 Å². The Kier molecular flexibility index (Phi) is 9.01. The first-order chi connectivity index (χ1) is 4.81. The second-order valence-electron chi connectivity index (χ2n) is 2.27. The summed E-state index contributed by atoms with van der Waals surface area (Å²) in [7, 11) is 0. The van der Waals surface area contributed by atoms with Crippen LogP contribution in [-0.2, 0) is 0 Å². The van der Waals surface area contributed by atoms with Crippen molar-refractivity contribution in [2.75, 3.05) is 17.3 Å². The maximum absolute atomic E-state index is 4.16. The van der Waals surface area contributed by atoms with Crippen LogP contribution in [0.5, 0.6) is 0 Å². The van der Waals surface area contributed by atoms with E-state index in [-0.39, 0.29) is 0 Å². The smallest absolute Gasteiger partial charge is 0.00237 e. The van der Waals surface area contributed by atoms with Crippen LogP contribution in [0.2, 0.25) is 0 Å². The first kappa shape index (κ1) is 11.1. The van der Waals surface area contributed by atoms with E-state index in [9.17, 15) is 0 Å². The topological polar surface area (TPSA) is 0 Å². The number of rotatable bonds is 6. The molecule has 0 saturated heterocycles. The molecule has 0 aromatic heterocycles. The summed E-state index contributed by atoms with van der Waals surface area (Å²) in [5, 5.41) is 0.791. The second-order valence-corrected chi connectivity index (χ2v) is 4.71. The van der Waals surface area contributed by atoms with Crippen molar-refractivity contribution in [3.8, 4) is 0 Å². The van der Waals surface area contributed by atoms with Crippen LogP contribution in [0.4, 0.5) is 0 Å². The van der Waals surface area contributed by atoms with Crippen LogP contribution >= 0.6 is 37.0 Å². The molecule has 1 atom stereocenters. The average molecular weight is 196 g/mol. The molecule has 0 bridgehead atoms. The minimum absolute atomic E-state index is 0.791. The van der Waals surface area contributed by atoms with Crippen LogP contribution in [0.15, 0.2) is 0 Å². The molecule has 0 radical (unpaired) electrons. The van der Waals surface area contributed by atoms with Crippen LogP contribution in [0.1, 0.15) is 19.8 Å². The predicted octanol–water partition coefficient (Wildman–Crippen LogP) is 2.75. The molecule has 0 aromatic rings. The van der Waals surface area contributed by atoms with Crippen molar-refractivity contribution in [3.05, 3.63) is 0 Å². The lowest BCUT2D eigenvalue weighted by Crippen LogP contribution is -1.98. The van der Waals surface area contributed by atoms with Gasteiger partial charge in [-0.1, -0.05) is 6.92 Å². The quantitative estimate of drug-likeness (QED) is 0.616. The molecule has 0 amide bonds. The Morgan fingerprint density at radius 2 is 2.00 bits per heavy atom. The molecule has 0 aliphatic rings. The summed E-state index contributed by atoms with van der Waals surface area (Å²) < 4.78 is 0. The third-order valence-corrected chi connectivity index (χ3v) is 3.35. The third-order valence-electron chi connectivity index (χ3n) is 1.26. The number of thioether (sulfide) groups is 1. The van der Waals surface area contributed by atoms with Crippen LogP contribution in [0.25, 0.3) is 0 Å². The summed E-state index contributed by atoms with van der Waals surface area (Å²) in [5.74, 6) is 3.19.